The van der Waals surface area contributed by atoms with Gasteiger partial charge in [-0.2, -0.15) is 0 Å². The lowest BCUT2D eigenvalue weighted by atomic mass is 9.79. The first kappa shape index (κ1) is 29.4. The summed E-state index contributed by atoms with van der Waals surface area (Å²) in [6, 6.07) is 50.2. The van der Waals surface area contributed by atoms with E-state index in [9.17, 15) is 4.79 Å². The van der Waals surface area contributed by atoms with Crippen LogP contribution in [0.15, 0.2) is 152 Å². The van der Waals surface area contributed by atoms with Crippen molar-refractivity contribution in [3.63, 3.8) is 0 Å². The molecule has 4 nitrogen and oxygen atoms in total. The van der Waals surface area contributed by atoms with Crippen LogP contribution in [0.2, 0.25) is 0 Å². The molecule has 0 aliphatic carbocycles. The molecule has 48 heavy (non-hydrogen) atoms. The Bertz CT molecular complexity index is 2300. The highest BCUT2D eigenvalue weighted by Gasteiger charge is 2.46. The second kappa shape index (κ2) is 11.7. The molecule has 0 saturated carbocycles. The van der Waals surface area contributed by atoms with Gasteiger partial charge in [0.25, 0.3) is 5.91 Å². The molecule has 0 N–H and O–H groups in total. The molecule has 1 aliphatic rings. The van der Waals surface area contributed by atoms with E-state index in [0.29, 0.717) is 17.1 Å². The Morgan fingerprint density at radius 1 is 0.583 bits per heavy atom. The van der Waals surface area contributed by atoms with Crippen LogP contribution < -0.4 is 9.64 Å². The summed E-state index contributed by atoms with van der Waals surface area (Å²) in [5.74, 6) is 1.19. The standard InChI is InChI=1S/C44H34N2O2/c1-44(2)36-25-24-33(48-3)28-35(36)43(47)46(44)42-41-34(26-27-45-42)37(29-16-8-4-9-17-29)38(30-18-10-5-11-19-30)39(31-20-12-6-13-21-31)40(41)32-22-14-7-15-23-32/h4-28H,1-3H3. The maximum atomic E-state index is 14.6. The third-order valence-electron chi connectivity index (χ3n) is 9.54. The van der Waals surface area contributed by atoms with Crippen LogP contribution in [0.3, 0.4) is 0 Å². The number of hydrogen-bond donors (Lipinski definition) is 0. The topological polar surface area (TPSA) is 42.4 Å². The highest BCUT2D eigenvalue weighted by Crippen LogP contribution is 2.54. The fourth-order valence-electron chi connectivity index (χ4n) is 7.39. The molecule has 0 fully saturated rings. The van der Waals surface area contributed by atoms with Gasteiger partial charge in [0.15, 0.2) is 0 Å². The first-order valence-electron chi connectivity index (χ1n) is 16.2. The van der Waals surface area contributed by atoms with Gasteiger partial charge in [0.2, 0.25) is 0 Å². The summed E-state index contributed by atoms with van der Waals surface area (Å²) in [4.78, 5) is 21.6. The summed E-state index contributed by atoms with van der Waals surface area (Å²) in [6.07, 6.45) is 1.85. The SMILES string of the molecule is COc1ccc2c(c1)C(=O)N(c1nccc3c(-c4ccccc4)c(-c4ccccc4)c(-c4ccccc4)c(-c4ccccc4)c13)C2(C)C. The van der Waals surface area contributed by atoms with Gasteiger partial charge < -0.3 is 4.74 Å². The summed E-state index contributed by atoms with van der Waals surface area (Å²) in [7, 11) is 1.63. The summed E-state index contributed by atoms with van der Waals surface area (Å²) >= 11 is 0. The number of anilines is 1. The molecule has 0 radical (unpaired) electrons. The number of pyridine rings is 1. The lowest BCUT2D eigenvalue weighted by Crippen LogP contribution is -2.40. The van der Waals surface area contributed by atoms with Crippen molar-refractivity contribution in [2.24, 2.45) is 0 Å². The highest BCUT2D eigenvalue weighted by atomic mass is 16.5. The van der Waals surface area contributed by atoms with Crippen LogP contribution in [-0.2, 0) is 5.54 Å². The zero-order valence-electron chi connectivity index (χ0n) is 27.1. The van der Waals surface area contributed by atoms with Crippen molar-refractivity contribution < 1.29 is 9.53 Å². The van der Waals surface area contributed by atoms with Crippen molar-refractivity contribution >= 4 is 22.5 Å². The first-order chi connectivity index (χ1) is 23.5. The van der Waals surface area contributed by atoms with Crippen LogP contribution >= 0.6 is 0 Å². The number of aromatic nitrogens is 1. The predicted octanol–water partition coefficient (Wildman–Crippen LogP) is 10.8. The average Bonchev–Trinajstić information content (AvgIpc) is 3.34. The molecule has 0 atom stereocenters. The lowest BCUT2D eigenvalue weighted by molar-refractivity contribution is 0.0981. The van der Waals surface area contributed by atoms with Crippen LogP contribution in [-0.4, -0.2) is 18.0 Å². The Labute approximate surface area is 280 Å². The molecule has 1 aromatic heterocycles. The Kier molecular flexibility index (Phi) is 7.14. The van der Waals surface area contributed by atoms with E-state index in [1.54, 1.807) is 7.11 Å². The van der Waals surface area contributed by atoms with Crippen LogP contribution in [0.25, 0.3) is 55.3 Å². The van der Waals surface area contributed by atoms with Gasteiger partial charge in [-0.15, -0.1) is 0 Å². The molecule has 2 heterocycles. The van der Waals surface area contributed by atoms with Crippen LogP contribution in [0, 0.1) is 0 Å². The molecule has 1 amide bonds. The van der Waals surface area contributed by atoms with Crippen LogP contribution in [0.4, 0.5) is 5.82 Å². The van der Waals surface area contributed by atoms with E-state index in [1.807, 2.05) is 41.4 Å². The van der Waals surface area contributed by atoms with Gasteiger partial charge in [0.1, 0.15) is 11.6 Å². The van der Waals surface area contributed by atoms with E-state index >= 15 is 0 Å². The molecule has 1 aliphatic heterocycles. The quantitative estimate of drug-likeness (QED) is 0.185. The minimum atomic E-state index is -0.675. The lowest BCUT2D eigenvalue weighted by Gasteiger charge is -2.34. The van der Waals surface area contributed by atoms with E-state index in [2.05, 4.69) is 129 Å². The van der Waals surface area contributed by atoms with Crippen molar-refractivity contribution in [1.82, 2.24) is 4.98 Å². The van der Waals surface area contributed by atoms with Crippen LogP contribution in [0.5, 0.6) is 5.75 Å². The first-order valence-corrected chi connectivity index (χ1v) is 16.2. The molecule has 7 aromatic rings. The molecule has 232 valence electrons. The average molecular weight is 623 g/mol. The fraction of sp³-hybridized carbons (Fsp3) is 0.0909. The second-order valence-corrected chi connectivity index (χ2v) is 12.6. The normalized spacial score (nSPS) is 13.5. The molecule has 0 unspecified atom stereocenters. The number of benzene rings is 6. The molecule has 0 bridgehead atoms. The van der Waals surface area contributed by atoms with E-state index in [0.717, 1.165) is 60.8 Å². The monoisotopic (exact) mass is 622 g/mol. The fourth-order valence-corrected chi connectivity index (χ4v) is 7.39. The minimum absolute atomic E-state index is 0.0948. The van der Waals surface area contributed by atoms with Gasteiger partial charge in [0, 0.05) is 22.7 Å². The summed E-state index contributed by atoms with van der Waals surface area (Å²) in [5, 5.41) is 1.96. The Morgan fingerprint density at radius 2 is 1.06 bits per heavy atom. The number of carbonyl (C=O) groups excluding carboxylic acids is 1. The van der Waals surface area contributed by atoms with Crippen molar-refractivity contribution in [3.8, 4) is 50.3 Å². The molecule has 0 spiro atoms. The Morgan fingerprint density at radius 3 is 1.58 bits per heavy atom. The summed E-state index contributed by atoms with van der Waals surface area (Å²) in [5.41, 5.74) is 9.62. The molecular weight excluding hydrogens is 588 g/mol. The molecule has 8 rings (SSSR count). The zero-order chi connectivity index (χ0) is 32.8. The summed E-state index contributed by atoms with van der Waals surface area (Å²) in [6.45, 7) is 4.20. The number of rotatable bonds is 6. The second-order valence-electron chi connectivity index (χ2n) is 12.6. The number of amides is 1. The molecule has 4 heteroatoms. The summed E-state index contributed by atoms with van der Waals surface area (Å²) < 4.78 is 5.54. The third-order valence-corrected chi connectivity index (χ3v) is 9.54. The van der Waals surface area contributed by atoms with Gasteiger partial charge >= 0.3 is 0 Å². The largest absolute Gasteiger partial charge is 0.497 e. The van der Waals surface area contributed by atoms with Gasteiger partial charge in [-0.1, -0.05) is 127 Å². The van der Waals surface area contributed by atoms with Gasteiger partial charge in [-0.3, -0.25) is 9.69 Å². The van der Waals surface area contributed by atoms with E-state index in [1.165, 1.54) is 0 Å². The van der Waals surface area contributed by atoms with E-state index in [-0.39, 0.29) is 5.91 Å². The number of carbonyl (C=O) groups is 1. The number of fused-ring (bicyclic) bond motifs is 2. The van der Waals surface area contributed by atoms with Gasteiger partial charge in [0.05, 0.1) is 12.6 Å². The molecule has 6 aromatic carbocycles. The highest BCUT2D eigenvalue weighted by molar-refractivity contribution is 6.24. The van der Waals surface area contributed by atoms with Crippen molar-refractivity contribution in [3.05, 3.63) is 163 Å². The number of ether oxygens (including phenoxy) is 1. The van der Waals surface area contributed by atoms with E-state index < -0.39 is 5.54 Å². The zero-order valence-corrected chi connectivity index (χ0v) is 27.1. The van der Waals surface area contributed by atoms with Crippen LogP contribution in [0.1, 0.15) is 29.8 Å². The number of hydrogen-bond acceptors (Lipinski definition) is 3. The third kappa shape index (κ3) is 4.60. The number of methoxy groups -OCH3 is 1. The molecule has 0 saturated heterocycles. The van der Waals surface area contributed by atoms with Crippen molar-refractivity contribution in [1.29, 1.82) is 0 Å². The van der Waals surface area contributed by atoms with Crippen molar-refractivity contribution in [2.75, 3.05) is 12.0 Å². The van der Waals surface area contributed by atoms with Gasteiger partial charge in [-0.25, -0.2) is 4.98 Å². The Balaban J connectivity index is 1.59. The smallest absolute Gasteiger partial charge is 0.260 e. The Hall–Kier alpha value is -6.00. The predicted molar refractivity (Wildman–Crippen MR) is 196 cm³/mol. The molecular formula is C44H34N2O2. The van der Waals surface area contributed by atoms with Gasteiger partial charge in [-0.05, 0) is 81.9 Å². The number of nitrogens with zero attached hydrogens (tertiary/aromatic N) is 2. The maximum Gasteiger partial charge on any atom is 0.260 e. The van der Waals surface area contributed by atoms with E-state index in [4.69, 9.17) is 9.72 Å². The van der Waals surface area contributed by atoms with Crippen molar-refractivity contribution in [2.45, 2.75) is 19.4 Å². The maximum absolute atomic E-state index is 14.6. The minimum Gasteiger partial charge on any atom is -0.497 e.